The van der Waals surface area contributed by atoms with Gasteiger partial charge in [0.15, 0.2) is 5.96 Å². The molecule has 0 aliphatic rings. The number of aliphatic hydroxyl groups is 1. The number of anilines is 1. The fourth-order valence-electron chi connectivity index (χ4n) is 2.40. The van der Waals surface area contributed by atoms with Crippen LogP contribution in [0, 0.1) is 12.8 Å². The van der Waals surface area contributed by atoms with Crippen LogP contribution in [0.2, 0.25) is 0 Å². The highest BCUT2D eigenvalue weighted by Crippen LogP contribution is 2.23. The molecule has 0 aliphatic carbocycles. The highest BCUT2D eigenvalue weighted by molar-refractivity contribution is 5.92. The summed E-state index contributed by atoms with van der Waals surface area (Å²) in [6.07, 6.45) is -4.27. The van der Waals surface area contributed by atoms with Crippen molar-refractivity contribution in [2.24, 2.45) is 16.6 Å². The van der Waals surface area contributed by atoms with Crippen LogP contribution in [0.5, 0.6) is 5.75 Å². The molecule has 5 nitrogen and oxygen atoms in total. The predicted molar refractivity (Wildman–Crippen MR) is 98.7 cm³/mol. The Morgan fingerprint density at radius 1 is 1.15 bits per heavy atom. The van der Waals surface area contributed by atoms with Crippen LogP contribution in [-0.2, 0) is 6.42 Å². The third-order valence-corrected chi connectivity index (χ3v) is 3.78. The van der Waals surface area contributed by atoms with Crippen LogP contribution in [0.4, 0.5) is 18.9 Å². The lowest BCUT2D eigenvalue weighted by Gasteiger charge is -2.14. The van der Waals surface area contributed by atoms with Crippen LogP contribution in [0.1, 0.15) is 11.1 Å². The third-order valence-electron chi connectivity index (χ3n) is 3.78. The number of alkyl halides is 3. The minimum atomic E-state index is -4.72. The number of aliphatic imine (C=N–C) groups is 1. The first-order valence-corrected chi connectivity index (χ1v) is 8.34. The van der Waals surface area contributed by atoms with Gasteiger partial charge in [-0.15, -0.1) is 13.2 Å². The van der Waals surface area contributed by atoms with E-state index in [0.717, 1.165) is 16.8 Å². The van der Waals surface area contributed by atoms with Gasteiger partial charge in [0.05, 0.1) is 0 Å². The first-order chi connectivity index (χ1) is 12.7. The molecule has 0 aromatic heterocycles. The van der Waals surface area contributed by atoms with Gasteiger partial charge >= 0.3 is 6.36 Å². The second-order valence-electron chi connectivity index (χ2n) is 6.16. The molecule has 0 spiro atoms. The van der Waals surface area contributed by atoms with Gasteiger partial charge in [-0.05, 0) is 43.2 Å². The SMILES string of the molecule is Cc1ccc(NC(N)=NCC(CO)Cc2ccc(OC(F)(F)F)cc2)cc1. The molecule has 0 bridgehead atoms. The molecule has 0 saturated heterocycles. The molecule has 2 aromatic carbocycles. The minimum absolute atomic E-state index is 0.123. The van der Waals surface area contributed by atoms with E-state index in [1.54, 1.807) is 0 Å². The predicted octanol–water partition coefficient (Wildman–Crippen LogP) is 3.47. The number of nitrogens with two attached hydrogens (primary N) is 1. The van der Waals surface area contributed by atoms with Crippen molar-refractivity contribution in [1.29, 1.82) is 0 Å². The highest BCUT2D eigenvalue weighted by Gasteiger charge is 2.30. The molecule has 0 radical (unpaired) electrons. The largest absolute Gasteiger partial charge is 0.573 e. The summed E-state index contributed by atoms with van der Waals surface area (Å²) >= 11 is 0. The second kappa shape index (κ2) is 9.27. The molecule has 4 N–H and O–H groups in total. The number of hydrogen-bond acceptors (Lipinski definition) is 3. The van der Waals surface area contributed by atoms with Gasteiger partial charge in [-0.1, -0.05) is 29.8 Å². The number of nitrogens with one attached hydrogen (secondary N) is 1. The van der Waals surface area contributed by atoms with Crippen molar-refractivity contribution in [3.8, 4) is 5.75 Å². The summed E-state index contributed by atoms with van der Waals surface area (Å²) in [5.74, 6) is -0.264. The Morgan fingerprint density at radius 3 is 2.33 bits per heavy atom. The quantitative estimate of drug-likeness (QED) is 0.507. The van der Waals surface area contributed by atoms with Crippen LogP contribution in [0.15, 0.2) is 53.5 Å². The van der Waals surface area contributed by atoms with Gasteiger partial charge < -0.3 is 20.9 Å². The van der Waals surface area contributed by atoms with E-state index in [1.807, 2.05) is 31.2 Å². The lowest BCUT2D eigenvalue weighted by molar-refractivity contribution is -0.274. The van der Waals surface area contributed by atoms with Crippen LogP contribution >= 0.6 is 0 Å². The van der Waals surface area contributed by atoms with Crippen molar-refractivity contribution in [3.05, 3.63) is 59.7 Å². The molecular weight excluding hydrogens is 359 g/mol. The van der Waals surface area contributed by atoms with E-state index in [4.69, 9.17) is 5.73 Å². The molecular formula is C19H22F3N3O2. The summed E-state index contributed by atoms with van der Waals surface area (Å²) in [5, 5.41) is 12.5. The molecule has 27 heavy (non-hydrogen) atoms. The van der Waals surface area contributed by atoms with Crippen molar-refractivity contribution < 1.29 is 23.0 Å². The number of guanidine groups is 1. The zero-order valence-electron chi connectivity index (χ0n) is 14.8. The average molecular weight is 381 g/mol. The van der Waals surface area contributed by atoms with Crippen molar-refractivity contribution in [3.63, 3.8) is 0 Å². The van der Waals surface area contributed by atoms with Gasteiger partial charge in [-0.25, -0.2) is 0 Å². The second-order valence-corrected chi connectivity index (χ2v) is 6.16. The van der Waals surface area contributed by atoms with Crippen LogP contribution in [0.25, 0.3) is 0 Å². The maximum atomic E-state index is 12.2. The molecule has 8 heteroatoms. The van der Waals surface area contributed by atoms with Gasteiger partial charge in [0.1, 0.15) is 5.75 Å². The summed E-state index contributed by atoms with van der Waals surface area (Å²) in [4.78, 5) is 4.23. The Kier molecular flexibility index (Phi) is 7.06. The van der Waals surface area contributed by atoms with Crippen LogP contribution in [0.3, 0.4) is 0 Å². The van der Waals surface area contributed by atoms with Crippen LogP contribution < -0.4 is 15.8 Å². The number of nitrogens with zero attached hydrogens (tertiary/aromatic N) is 1. The smallest absolute Gasteiger partial charge is 0.406 e. The number of ether oxygens (including phenoxy) is 1. The van der Waals surface area contributed by atoms with Gasteiger partial charge in [0.25, 0.3) is 0 Å². The molecule has 1 atom stereocenters. The Labute approximate surface area is 155 Å². The number of aliphatic hydroxyl groups excluding tert-OH is 1. The molecule has 0 heterocycles. The number of halogens is 3. The first-order valence-electron chi connectivity index (χ1n) is 8.34. The summed E-state index contributed by atoms with van der Waals surface area (Å²) in [6.45, 7) is 2.14. The van der Waals surface area contributed by atoms with E-state index < -0.39 is 6.36 Å². The molecule has 0 saturated carbocycles. The topological polar surface area (TPSA) is 79.9 Å². The van der Waals surface area contributed by atoms with Crippen molar-refractivity contribution in [1.82, 2.24) is 0 Å². The third kappa shape index (κ3) is 7.57. The fourth-order valence-corrected chi connectivity index (χ4v) is 2.40. The maximum Gasteiger partial charge on any atom is 0.573 e. The lowest BCUT2D eigenvalue weighted by atomic mass is 10.0. The van der Waals surface area contributed by atoms with Gasteiger partial charge in [0.2, 0.25) is 0 Å². The number of benzene rings is 2. The van der Waals surface area contributed by atoms with Gasteiger partial charge in [-0.2, -0.15) is 0 Å². The maximum absolute atomic E-state index is 12.2. The normalized spacial score (nSPS) is 13.3. The summed E-state index contributed by atoms with van der Waals surface area (Å²) in [5.41, 5.74) is 8.56. The molecule has 0 aliphatic heterocycles. The Morgan fingerprint density at radius 2 is 1.78 bits per heavy atom. The fraction of sp³-hybridized carbons (Fsp3) is 0.316. The Balaban J connectivity index is 1.89. The van der Waals surface area contributed by atoms with Crippen molar-refractivity contribution in [2.45, 2.75) is 19.7 Å². The van der Waals surface area contributed by atoms with E-state index in [9.17, 15) is 18.3 Å². The number of hydrogen-bond donors (Lipinski definition) is 3. The molecule has 1 unspecified atom stereocenters. The molecule has 146 valence electrons. The molecule has 0 fully saturated rings. The van der Waals surface area contributed by atoms with E-state index >= 15 is 0 Å². The number of rotatable bonds is 7. The van der Waals surface area contributed by atoms with Crippen molar-refractivity contribution in [2.75, 3.05) is 18.5 Å². The van der Waals surface area contributed by atoms with E-state index in [0.29, 0.717) is 6.42 Å². The Bertz CT molecular complexity index is 744. The van der Waals surface area contributed by atoms with Crippen LogP contribution in [-0.4, -0.2) is 30.6 Å². The van der Waals surface area contributed by atoms with Gasteiger partial charge in [-0.3, -0.25) is 4.99 Å². The lowest BCUT2D eigenvalue weighted by Crippen LogP contribution is -2.25. The van der Waals surface area contributed by atoms with E-state index in [2.05, 4.69) is 15.0 Å². The van der Waals surface area contributed by atoms with Crippen molar-refractivity contribution >= 4 is 11.6 Å². The van der Waals surface area contributed by atoms with Gasteiger partial charge in [0, 0.05) is 24.8 Å². The zero-order chi connectivity index (χ0) is 19.9. The zero-order valence-corrected chi connectivity index (χ0v) is 14.8. The minimum Gasteiger partial charge on any atom is -0.406 e. The summed E-state index contributed by atoms with van der Waals surface area (Å²) < 4.78 is 40.3. The molecule has 2 aromatic rings. The first kappa shape index (κ1) is 20.6. The number of aryl methyl sites for hydroxylation is 1. The monoisotopic (exact) mass is 381 g/mol. The summed E-state index contributed by atoms with van der Waals surface area (Å²) in [6, 6.07) is 13.2. The molecule has 0 amide bonds. The van der Waals surface area contributed by atoms with E-state index in [1.165, 1.54) is 24.3 Å². The standard InChI is InChI=1S/C19H22F3N3O2/c1-13-2-6-16(7-3-13)25-18(23)24-11-15(12-26)10-14-4-8-17(9-5-14)27-19(20,21)22/h2-9,15,26H,10-12H2,1H3,(H3,23,24,25). The Hall–Kier alpha value is -2.74. The highest BCUT2D eigenvalue weighted by atomic mass is 19.4. The van der Waals surface area contributed by atoms with E-state index in [-0.39, 0.29) is 30.8 Å². The molecule has 2 rings (SSSR count). The average Bonchev–Trinajstić information content (AvgIpc) is 2.61. The summed E-state index contributed by atoms with van der Waals surface area (Å²) in [7, 11) is 0.